The van der Waals surface area contributed by atoms with E-state index in [1.807, 2.05) is 0 Å². The molecule has 0 saturated carbocycles. The number of azo groups is 1. The highest BCUT2D eigenvalue weighted by atomic mass is 35.5. The summed E-state index contributed by atoms with van der Waals surface area (Å²) >= 11 is 6.16. The predicted octanol–water partition coefficient (Wildman–Crippen LogP) is 5.61. The molecule has 0 amide bonds. The molecule has 0 fully saturated rings. The summed E-state index contributed by atoms with van der Waals surface area (Å²) < 4.78 is 51.8. The molecule has 32 heavy (non-hydrogen) atoms. The highest BCUT2D eigenvalue weighted by Crippen LogP contribution is 2.37. The van der Waals surface area contributed by atoms with Crippen LogP contribution in [0.25, 0.3) is 0 Å². The molecular weight excluding hydrogens is 461 g/mol. The van der Waals surface area contributed by atoms with E-state index in [9.17, 15) is 17.4 Å². The summed E-state index contributed by atoms with van der Waals surface area (Å²) in [6.07, 6.45) is -0.928. The minimum absolute atomic E-state index is 0.0163. The van der Waals surface area contributed by atoms with Crippen molar-refractivity contribution in [1.82, 2.24) is 9.97 Å². The molecule has 9 nitrogen and oxygen atoms in total. The van der Waals surface area contributed by atoms with Crippen LogP contribution in [0.4, 0.5) is 27.3 Å². The summed E-state index contributed by atoms with van der Waals surface area (Å²) in [5.41, 5.74) is 2.36. The number of benzene rings is 2. The first-order valence-electron chi connectivity index (χ1n) is 9.14. The molecule has 1 aromatic heterocycles. The smallest absolute Gasteiger partial charge is 0.310 e. The largest absolute Gasteiger partial charge is 0.494 e. The van der Waals surface area contributed by atoms with Crippen LogP contribution in [0, 0.1) is 26.8 Å². The summed E-state index contributed by atoms with van der Waals surface area (Å²) in [7, 11) is -3.05. The molecule has 0 spiro atoms. The first-order valence-corrected chi connectivity index (χ1v) is 11.0. The Labute approximate surface area is 189 Å². The van der Waals surface area contributed by atoms with E-state index in [4.69, 9.17) is 16.3 Å². The second kappa shape index (κ2) is 9.15. The lowest BCUT2D eigenvalue weighted by Gasteiger charge is -2.14. The zero-order valence-corrected chi connectivity index (χ0v) is 19.1. The van der Waals surface area contributed by atoms with Crippen LogP contribution in [-0.4, -0.2) is 30.0 Å². The fraction of sp³-hybridized carbons (Fsp3) is 0.200. The third kappa shape index (κ3) is 5.18. The Bertz CT molecular complexity index is 1330. The van der Waals surface area contributed by atoms with Crippen LogP contribution in [0.5, 0.6) is 5.75 Å². The third-order valence-corrected chi connectivity index (χ3v) is 5.75. The SMILES string of the molecule is COc1cc(N=Nc2ccc(C)cc2S(=O)(=O)O)c(C)cc1Nc1nc(F)nc(C)c1Cl. The standard InChI is InChI=1S/C20H19ClFN5O4S/c1-10-5-6-13(17(7-10)32(28,29)30)26-27-14-9-16(31-4)15(8-11(14)2)24-19-18(21)12(3)23-20(22)25-19/h5-9H,1-4H3,(H,23,24,25)(H,28,29,30). The van der Waals surface area contributed by atoms with Crippen LogP contribution in [0.3, 0.4) is 0 Å². The van der Waals surface area contributed by atoms with Crippen molar-refractivity contribution >= 4 is 44.6 Å². The average molecular weight is 480 g/mol. The Hall–Kier alpha value is -3.15. The molecule has 0 aliphatic heterocycles. The molecule has 1 heterocycles. The van der Waals surface area contributed by atoms with Gasteiger partial charge in [0.15, 0.2) is 5.82 Å². The van der Waals surface area contributed by atoms with Crippen molar-refractivity contribution < 1.29 is 22.1 Å². The summed E-state index contributed by atoms with van der Waals surface area (Å²) in [5, 5.41) is 11.2. The molecule has 0 aliphatic carbocycles. The van der Waals surface area contributed by atoms with Gasteiger partial charge in [0, 0.05) is 6.07 Å². The maximum absolute atomic E-state index is 13.6. The van der Waals surface area contributed by atoms with Crippen molar-refractivity contribution in [1.29, 1.82) is 0 Å². The minimum Gasteiger partial charge on any atom is -0.494 e. The maximum Gasteiger partial charge on any atom is 0.310 e. The molecule has 3 rings (SSSR count). The number of hydrogen-bond donors (Lipinski definition) is 2. The number of anilines is 2. The topological polar surface area (TPSA) is 126 Å². The minimum atomic E-state index is -4.48. The van der Waals surface area contributed by atoms with Crippen molar-refractivity contribution in [3.8, 4) is 5.75 Å². The number of nitrogens with one attached hydrogen (secondary N) is 1. The summed E-state index contributed by atoms with van der Waals surface area (Å²) in [6, 6.07) is 7.61. The van der Waals surface area contributed by atoms with Gasteiger partial charge in [0.25, 0.3) is 10.1 Å². The fourth-order valence-corrected chi connectivity index (χ4v) is 3.65. The van der Waals surface area contributed by atoms with Gasteiger partial charge in [-0.1, -0.05) is 17.7 Å². The summed E-state index contributed by atoms with van der Waals surface area (Å²) in [6.45, 7) is 4.98. The Morgan fingerprint density at radius 3 is 2.44 bits per heavy atom. The molecule has 0 aliphatic rings. The van der Waals surface area contributed by atoms with Gasteiger partial charge in [-0.15, -0.1) is 5.11 Å². The second-order valence-electron chi connectivity index (χ2n) is 6.85. The van der Waals surface area contributed by atoms with E-state index < -0.39 is 16.2 Å². The molecule has 3 aromatic rings. The average Bonchev–Trinajstić information content (AvgIpc) is 2.71. The summed E-state index contributed by atoms with van der Waals surface area (Å²) in [5.74, 6) is 0.400. The number of rotatable bonds is 6. The zero-order chi connectivity index (χ0) is 23.6. The van der Waals surface area contributed by atoms with E-state index in [0.717, 1.165) is 0 Å². The van der Waals surface area contributed by atoms with Gasteiger partial charge in [0.2, 0.25) is 0 Å². The number of aryl methyl sites for hydroxylation is 3. The van der Waals surface area contributed by atoms with E-state index in [1.54, 1.807) is 39.0 Å². The molecule has 0 atom stereocenters. The van der Waals surface area contributed by atoms with Gasteiger partial charge < -0.3 is 10.1 Å². The normalized spacial score (nSPS) is 11.7. The number of aromatic nitrogens is 2. The second-order valence-corrected chi connectivity index (χ2v) is 8.62. The first-order chi connectivity index (χ1) is 15.0. The molecule has 168 valence electrons. The van der Waals surface area contributed by atoms with Gasteiger partial charge in [0.1, 0.15) is 21.4 Å². The highest BCUT2D eigenvalue weighted by molar-refractivity contribution is 7.86. The van der Waals surface area contributed by atoms with Gasteiger partial charge in [-0.2, -0.15) is 22.9 Å². The van der Waals surface area contributed by atoms with Gasteiger partial charge >= 0.3 is 6.08 Å². The van der Waals surface area contributed by atoms with Crippen LogP contribution in [-0.2, 0) is 10.1 Å². The van der Waals surface area contributed by atoms with Crippen molar-refractivity contribution in [2.45, 2.75) is 25.7 Å². The van der Waals surface area contributed by atoms with E-state index in [2.05, 4.69) is 25.5 Å². The van der Waals surface area contributed by atoms with Gasteiger partial charge in [-0.25, -0.2) is 4.98 Å². The Kier molecular flexibility index (Phi) is 6.72. The lowest BCUT2D eigenvalue weighted by Crippen LogP contribution is -2.03. The van der Waals surface area contributed by atoms with Crippen LogP contribution >= 0.6 is 11.6 Å². The van der Waals surface area contributed by atoms with Crippen LogP contribution in [0.2, 0.25) is 5.02 Å². The Morgan fingerprint density at radius 1 is 1.09 bits per heavy atom. The van der Waals surface area contributed by atoms with Crippen molar-refractivity contribution in [3.05, 3.63) is 58.3 Å². The third-order valence-electron chi connectivity index (χ3n) is 4.42. The molecule has 0 radical (unpaired) electrons. The monoisotopic (exact) mass is 479 g/mol. The van der Waals surface area contributed by atoms with E-state index in [0.29, 0.717) is 28.3 Å². The van der Waals surface area contributed by atoms with E-state index in [-0.39, 0.29) is 27.1 Å². The summed E-state index contributed by atoms with van der Waals surface area (Å²) in [4.78, 5) is 6.89. The molecule has 0 unspecified atom stereocenters. The Morgan fingerprint density at radius 2 is 1.78 bits per heavy atom. The fourth-order valence-electron chi connectivity index (χ4n) is 2.81. The number of methoxy groups -OCH3 is 1. The molecule has 0 saturated heterocycles. The van der Waals surface area contributed by atoms with Crippen LogP contribution < -0.4 is 10.1 Å². The molecule has 12 heteroatoms. The van der Waals surface area contributed by atoms with Crippen LogP contribution in [0.1, 0.15) is 16.8 Å². The maximum atomic E-state index is 13.6. The zero-order valence-electron chi connectivity index (χ0n) is 17.5. The Balaban J connectivity index is 2.00. The van der Waals surface area contributed by atoms with Crippen molar-refractivity contribution in [2.24, 2.45) is 10.2 Å². The molecule has 2 N–H and O–H groups in total. The first kappa shape index (κ1) is 23.5. The van der Waals surface area contributed by atoms with Crippen LogP contribution in [0.15, 0.2) is 45.5 Å². The lowest BCUT2D eigenvalue weighted by atomic mass is 10.1. The van der Waals surface area contributed by atoms with E-state index >= 15 is 0 Å². The van der Waals surface area contributed by atoms with Crippen molar-refractivity contribution in [3.63, 3.8) is 0 Å². The molecule has 2 aromatic carbocycles. The quantitative estimate of drug-likeness (QED) is 0.267. The van der Waals surface area contributed by atoms with Gasteiger partial charge in [-0.05, 0) is 50.1 Å². The van der Waals surface area contributed by atoms with E-state index in [1.165, 1.54) is 19.2 Å². The van der Waals surface area contributed by atoms with Gasteiger partial charge in [-0.3, -0.25) is 4.55 Å². The highest BCUT2D eigenvalue weighted by Gasteiger charge is 2.17. The molecule has 0 bridgehead atoms. The predicted molar refractivity (Wildman–Crippen MR) is 118 cm³/mol. The number of ether oxygens (including phenoxy) is 1. The number of hydrogen-bond acceptors (Lipinski definition) is 8. The number of halogens is 2. The van der Waals surface area contributed by atoms with Gasteiger partial charge in [0.05, 0.1) is 24.2 Å². The van der Waals surface area contributed by atoms with Crippen molar-refractivity contribution in [2.75, 3.05) is 12.4 Å². The lowest BCUT2D eigenvalue weighted by molar-refractivity contribution is 0.417. The number of nitrogens with zero attached hydrogens (tertiary/aromatic N) is 4. The molecular formula is C20H19ClFN5O4S.